The Morgan fingerprint density at radius 2 is 1.73 bits per heavy atom. The van der Waals surface area contributed by atoms with Crippen LogP contribution in [0.25, 0.3) is 17.1 Å². The zero-order valence-electron chi connectivity index (χ0n) is 11.8. The molecule has 5 heteroatoms. The number of aromatic nitrogens is 2. The summed E-state index contributed by atoms with van der Waals surface area (Å²) in [6.07, 6.45) is 1.44. The van der Waals surface area contributed by atoms with Crippen LogP contribution in [0.1, 0.15) is 16.1 Å². The van der Waals surface area contributed by atoms with Crippen molar-refractivity contribution in [3.8, 4) is 17.1 Å². The van der Waals surface area contributed by atoms with E-state index in [1.807, 2.05) is 31.2 Å². The van der Waals surface area contributed by atoms with E-state index < -0.39 is 5.97 Å². The fraction of sp³-hybridized carbons (Fsp3) is 0.0588. The smallest absolute Gasteiger partial charge is 0.356 e. The minimum absolute atomic E-state index is 0.0556. The van der Waals surface area contributed by atoms with Crippen molar-refractivity contribution in [2.24, 2.45) is 0 Å². The number of halogens is 1. The van der Waals surface area contributed by atoms with Crippen LogP contribution in [0.3, 0.4) is 0 Å². The summed E-state index contributed by atoms with van der Waals surface area (Å²) in [4.78, 5) is 15.4. The van der Waals surface area contributed by atoms with E-state index in [4.69, 9.17) is 5.11 Å². The van der Waals surface area contributed by atoms with Crippen molar-refractivity contribution in [3.05, 3.63) is 71.8 Å². The molecule has 1 heterocycles. The topological polar surface area (TPSA) is 55.1 Å². The van der Waals surface area contributed by atoms with Crippen molar-refractivity contribution < 1.29 is 14.3 Å². The lowest BCUT2D eigenvalue weighted by Gasteiger charge is -2.08. The SMILES string of the molecule is Cc1ccc(-c2nc(C(=O)O)cn2-c2ccc(F)cc2)cc1. The highest BCUT2D eigenvalue weighted by atomic mass is 19.1. The molecular formula is C17H13FN2O2. The van der Waals surface area contributed by atoms with Crippen molar-refractivity contribution in [2.75, 3.05) is 0 Å². The quantitative estimate of drug-likeness (QED) is 0.802. The van der Waals surface area contributed by atoms with Crippen LogP contribution >= 0.6 is 0 Å². The van der Waals surface area contributed by atoms with Gasteiger partial charge in [0.15, 0.2) is 5.69 Å². The summed E-state index contributed by atoms with van der Waals surface area (Å²) < 4.78 is 14.7. The van der Waals surface area contributed by atoms with E-state index in [0.29, 0.717) is 11.5 Å². The summed E-state index contributed by atoms with van der Waals surface area (Å²) in [5.74, 6) is -0.947. The molecule has 110 valence electrons. The van der Waals surface area contributed by atoms with Crippen LogP contribution < -0.4 is 0 Å². The molecule has 0 saturated carbocycles. The first kappa shape index (κ1) is 14.0. The van der Waals surface area contributed by atoms with E-state index in [9.17, 15) is 9.18 Å². The maximum absolute atomic E-state index is 13.1. The lowest BCUT2D eigenvalue weighted by atomic mass is 10.1. The van der Waals surface area contributed by atoms with Gasteiger partial charge in [-0.25, -0.2) is 14.2 Å². The number of benzene rings is 2. The Balaban J connectivity index is 2.17. The van der Waals surface area contributed by atoms with Gasteiger partial charge in [-0.15, -0.1) is 0 Å². The van der Waals surface area contributed by atoms with Crippen molar-refractivity contribution in [1.82, 2.24) is 9.55 Å². The van der Waals surface area contributed by atoms with Gasteiger partial charge in [-0.1, -0.05) is 29.8 Å². The van der Waals surface area contributed by atoms with Crippen LogP contribution in [0.15, 0.2) is 54.7 Å². The van der Waals surface area contributed by atoms with E-state index >= 15 is 0 Å². The number of rotatable bonds is 3. The minimum Gasteiger partial charge on any atom is -0.476 e. The van der Waals surface area contributed by atoms with Crippen molar-refractivity contribution in [2.45, 2.75) is 6.92 Å². The van der Waals surface area contributed by atoms with Gasteiger partial charge in [0.1, 0.15) is 11.6 Å². The average Bonchev–Trinajstić information content (AvgIpc) is 2.94. The third-order valence-electron chi connectivity index (χ3n) is 3.34. The first-order valence-corrected chi connectivity index (χ1v) is 6.70. The van der Waals surface area contributed by atoms with Gasteiger partial charge in [0.2, 0.25) is 0 Å². The Kier molecular flexibility index (Phi) is 3.47. The minimum atomic E-state index is -1.10. The molecule has 3 rings (SSSR count). The second-order valence-electron chi connectivity index (χ2n) is 4.97. The van der Waals surface area contributed by atoms with E-state index in [2.05, 4.69) is 4.98 Å². The molecule has 0 spiro atoms. The molecule has 0 atom stereocenters. The molecule has 1 aromatic heterocycles. The standard InChI is InChI=1S/C17H13FN2O2/c1-11-2-4-12(5-3-11)16-19-15(17(21)22)10-20(16)14-8-6-13(18)7-9-14/h2-10H,1H3,(H,21,22). The normalized spacial score (nSPS) is 10.6. The van der Waals surface area contributed by atoms with Gasteiger partial charge in [-0.2, -0.15) is 0 Å². The van der Waals surface area contributed by atoms with Gasteiger partial charge in [0.25, 0.3) is 0 Å². The Morgan fingerprint density at radius 3 is 2.32 bits per heavy atom. The van der Waals surface area contributed by atoms with Gasteiger partial charge >= 0.3 is 5.97 Å². The number of carboxylic acid groups (broad SMARTS) is 1. The zero-order chi connectivity index (χ0) is 15.7. The number of aryl methyl sites for hydroxylation is 1. The number of hydrogen-bond donors (Lipinski definition) is 1. The summed E-state index contributed by atoms with van der Waals surface area (Å²) in [6, 6.07) is 13.4. The fourth-order valence-electron chi connectivity index (χ4n) is 2.19. The Hall–Kier alpha value is -2.95. The lowest BCUT2D eigenvalue weighted by Crippen LogP contribution is -1.96. The van der Waals surface area contributed by atoms with E-state index in [-0.39, 0.29) is 11.5 Å². The molecule has 3 aromatic rings. The summed E-state index contributed by atoms with van der Waals surface area (Å²) >= 11 is 0. The second kappa shape index (κ2) is 5.44. The Labute approximate surface area is 126 Å². The van der Waals surface area contributed by atoms with Crippen molar-refractivity contribution in [3.63, 3.8) is 0 Å². The molecule has 0 fully saturated rings. The predicted molar refractivity (Wildman–Crippen MR) is 80.7 cm³/mol. The van der Waals surface area contributed by atoms with Crippen LogP contribution in [0.4, 0.5) is 4.39 Å². The maximum Gasteiger partial charge on any atom is 0.356 e. The van der Waals surface area contributed by atoms with Crippen LogP contribution in [-0.2, 0) is 0 Å². The molecule has 0 amide bonds. The van der Waals surface area contributed by atoms with Crippen LogP contribution in [0.5, 0.6) is 0 Å². The van der Waals surface area contributed by atoms with Gasteiger partial charge in [-0.3, -0.25) is 4.57 Å². The molecule has 22 heavy (non-hydrogen) atoms. The molecule has 0 unspecified atom stereocenters. The maximum atomic E-state index is 13.1. The average molecular weight is 296 g/mol. The molecule has 2 aromatic carbocycles. The highest BCUT2D eigenvalue weighted by molar-refractivity contribution is 5.86. The predicted octanol–water partition coefficient (Wildman–Crippen LogP) is 3.69. The highest BCUT2D eigenvalue weighted by Gasteiger charge is 2.15. The van der Waals surface area contributed by atoms with Crippen LogP contribution in [0, 0.1) is 12.7 Å². The summed E-state index contributed by atoms with van der Waals surface area (Å²) in [7, 11) is 0. The molecular weight excluding hydrogens is 283 g/mol. The molecule has 4 nitrogen and oxygen atoms in total. The van der Waals surface area contributed by atoms with E-state index in [1.165, 1.54) is 18.3 Å². The third-order valence-corrected chi connectivity index (χ3v) is 3.34. The number of hydrogen-bond acceptors (Lipinski definition) is 2. The van der Waals surface area contributed by atoms with Crippen molar-refractivity contribution in [1.29, 1.82) is 0 Å². The van der Waals surface area contributed by atoms with Gasteiger partial charge in [0, 0.05) is 17.4 Å². The molecule has 0 aliphatic rings. The first-order valence-electron chi connectivity index (χ1n) is 6.70. The summed E-state index contributed by atoms with van der Waals surface area (Å²) in [5, 5.41) is 9.17. The highest BCUT2D eigenvalue weighted by Crippen LogP contribution is 2.23. The molecule has 1 N–H and O–H groups in total. The monoisotopic (exact) mass is 296 g/mol. The van der Waals surface area contributed by atoms with Gasteiger partial charge in [0.05, 0.1) is 0 Å². The first-order chi connectivity index (χ1) is 10.5. The summed E-state index contributed by atoms with van der Waals surface area (Å²) in [5.41, 5.74) is 2.49. The number of carboxylic acids is 1. The van der Waals surface area contributed by atoms with Crippen LogP contribution in [-0.4, -0.2) is 20.6 Å². The largest absolute Gasteiger partial charge is 0.476 e. The molecule has 0 bridgehead atoms. The molecule has 0 aliphatic heterocycles. The molecule has 0 aliphatic carbocycles. The molecule has 0 radical (unpaired) electrons. The molecule has 0 saturated heterocycles. The third kappa shape index (κ3) is 2.61. The van der Waals surface area contributed by atoms with Gasteiger partial charge in [-0.05, 0) is 31.2 Å². The van der Waals surface area contributed by atoms with Crippen molar-refractivity contribution >= 4 is 5.97 Å². The summed E-state index contributed by atoms with van der Waals surface area (Å²) in [6.45, 7) is 1.97. The number of carbonyl (C=O) groups is 1. The lowest BCUT2D eigenvalue weighted by molar-refractivity contribution is 0.0691. The van der Waals surface area contributed by atoms with Gasteiger partial charge < -0.3 is 5.11 Å². The Bertz CT molecular complexity index is 758. The van der Waals surface area contributed by atoms with E-state index in [0.717, 1.165) is 11.1 Å². The second-order valence-corrected chi connectivity index (χ2v) is 4.97. The van der Waals surface area contributed by atoms with Crippen LogP contribution in [0.2, 0.25) is 0 Å². The number of aromatic carboxylic acids is 1. The number of nitrogens with zero attached hydrogens (tertiary/aromatic N) is 2. The van der Waals surface area contributed by atoms with E-state index in [1.54, 1.807) is 16.7 Å². The Morgan fingerprint density at radius 1 is 1.09 bits per heavy atom. The number of imidazole rings is 1. The zero-order valence-corrected chi connectivity index (χ0v) is 11.8. The fourth-order valence-corrected chi connectivity index (χ4v) is 2.19.